The van der Waals surface area contributed by atoms with E-state index < -0.39 is 54.7 Å². The van der Waals surface area contributed by atoms with Crippen LogP contribution in [0.1, 0.15) is 113 Å². The summed E-state index contributed by atoms with van der Waals surface area (Å²) in [5.41, 5.74) is -0.648. The fraction of sp³-hybridized carbons (Fsp3) is 0.895. The first kappa shape index (κ1) is 36.2. The zero-order valence-electron chi connectivity index (χ0n) is 30.3. The standard InChI is InChI=1S/C38H61NO9/c1-20(41)39-28-30(44)29(43)23(19-40)47-31(28)48-27-12-13-35(6)24(34(27,4)5)11-14-36(7)25(35)10-9-21-22-17-33(2,3)15-16-38(22,32(45)46)26(42)18-37(21,36)8/h9,22-31,40,42-44H,10-19H2,1-8H3,(H,39,41)(H,45,46)/t22-,23-,24+,25+,26-,27+,28-,29-,30-,31+,35+,36-,37-,38-/m1/s1. The second kappa shape index (κ2) is 11.7. The third kappa shape index (κ3) is 5.01. The molecule has 5 fully saturated rings. The molecule has 6 N–H and O–H groups in total. The summed E-state index contributed by atoms with van der Waals surface area (Å²) in [5, 5.41) is 56.6. The molecule has 272 valence electrons. The van der Waals surface area contributed by atoms with Gasteiger partial charge in [-0.1, -0.05) is 60.1 Å². The number of carbonyl (C=O) groups excluding carboxylic acids is 1. The van der Waals surface area contributed by atoms with Gasteiger partial charge in [0.25, 0.3) is 0 Å². The third-order valence-corrected chi connectivity index (χ3v) is 15.6. The van der Waals surface area contributed by atoms with Crippen LogP contribution in [0.3, 0.4) is 0 Å². The van der Waals surface area contributed by atoms with Crippen molar-refractivity contribution in [3.05, 3.63) is 11.6 Å². The molecule has 48 heavy (non-hydrogen) atoms. The molecule has 14 atom stereocenters. The Morgan fingerprint density at radius 2 is 1.62 bits per heavy atom. The number of hydrogen-bond acceptors (Lipinski definition) is 8. The van der Waals surface area contributed by atoms with Crippen molar-refractivity contribution < 1.29 is 44.6 Å². The molecule has 0 radical (unpaired) electrons. The SMILES string of the molecule is CC(=O)N[C@H]1[C@H](O[C@H]2CC[C@@]3(C)[C@@H](CC[C@]4(C)[C@H]3CC=C3[C@H]5CC(C)(C)CC[C@]5(C(=O)O)[C@H](O)C[C@]34C)C2(C)C)O[C@H](CO)[C@@H](O)[C@@H]1O. The maximum atomic E-state index is 13.0. The van der Waals surface area contributed by atoms with Gasteiger partial charge in [0.05, 0.1) is 18.8 Å². The molecule has 0 bridgehead atoms. The Labute approximate surface area is 286 Å². The van der Waals surface area contributed by atoms with Crippen LogP contribution in [0, 0.1) is 50.2 Å². The zero-order chi connectivity index (χ0) is 35.4. The molecule has 10 heteroatoms. The normalized spacial score (nSPS) is 50.9. The lowest BCUT2D eigenvalue weighted by Crippen LogP contribution is -2.68. The van der Waals surface area contributed by atoms with Crippen LogP contribution in [0.15, 0.2) is 11.6 Å². The molecule has 6 rings (SSSR count). The molecule has 1 amide bonds. The first-order chi connectivity index (χ1) is 22.2. The van der Waals surface area contributed by atoms with E-state index in [9.17, 15) is 35.1 Å². The van der Waals surface area contributed by atoms with Crippen LogP contribution in [0.25, 0.3) is 0 Å². The summed E-state index contributed by atoms with van der Waals surface area (Å²) < 4.78 is 12.7. The second-order valence-electron chi connectivity index (χ2n) is 18.7. The number of aliphatic carboxylic acids is 1. The van der Waals surface area contributed by atoms with Gasteiger partial charge in [-0.3, -0.25) is 9.59 Å². The maximum absolute atomic E-state index is 13.0. The van der Waals surface area contributed by atoms with Crippen molar-refractivity contribution in [1.29, 1.82) is 0 Å². The molecule has 10 nitrogen and oxygen atoms in total. The summed E-state index contributed by atoms with van der Waals surface area (Å²) in [6, 6.07) is -0.985. The lowest BCUT2D eigenvalue weighted by Gasteiger charge is -2.71. The number of nitrogens with one attached hydrogen (secondary N) is 1. The van der Waals surface area contributed by atoms with Crippen molar-refractivity contribution in [2.75, 3.05) is 6.61 Å². The lowest BCUT2D eigenvalue weighted by molar-refractivity contribution is -0.307. The summed E-state index contributed by atoms with van der Waals surface area (Å²) in [4.78, 5) is 25.1. The van der Waals surface area contributed by atoms with E-state index in [1.807, 2.05) is 0 Å². The number of rotatable bonds is 5. The number of allylic oxidation sites excluding steroid dienone is 2. The zero-order valence-corrected chi connectivity index (χ0v) is 30.3. The van der Waals surface area contributed by atoms with Crippen LogP contribution >= 0.6 is 0 Å². The van der Waals surface area contributed by atoms with Crippen molar-refractivity contribution in [3.63, 3.8) is 0 Å². The predicted molar refractivity (Wildman–Crippen MR) is 178 cm³/mol. The third-order valence-electron chi connectivity index (χ3n) is 15.6. The summed E-state index contributed by atoms with van der Waals surface area (Å²) in [5.74, 6) is -0.798. The van der Waals surface area contributed by atoms with Gasteiger partial charge in [0, 0.05) is 6.92 Å². The highest BCUT2D eigenvalue weighted by Crippen LogP contribution is 2.76. The van der Waals surface area contributed by atoms with E-state index in [0.717, 1.165) is 44.9 Å². The summed E-state index contributed by atoms with van der Waals surface area (Å²) in [7, 11) is 0. The quantitative estimate of drug-likeness (QED) is 0.185. The number of carboxylic acid groups (broad SMARTS) is 1. The minimum absolute atomic E-state index is 0.0124. The van der Waals surface area contributed by atoms with Gasteiger partial charge in [0.15, 0.2) is 6.29 Å². The molecule has 5 aliphatic carbocycles. The molecule has 0 unspecified atom stereocenters. The number of carbonyl (C=O) groups is 2. The van der Waals surface area contributed by atoms with E-state index in [4.69, 9.17) is 9.47 Å². The van der Waals surface area contributed by atoms with Crippen LogP contribution in [-0.2, 0) is 19.1 Å². The number of hydrogen-bond donors (Lipinski definition) is 6. The highest BCUT2D eigenvalue weighted by Gasteiger charge is 2.71. The van der Waals surface area contributed by atoms with Crippen molar-refractivity contribution in [2.24, 2.45) is 50.2 Å². The number of aliphatic hydroxyl groups is 4. The average molecular weight is 676 g/mol. The molecule has 0 aromatic rings. The summed E-state index contributed by atoms with van der Waals surface area (Å²) >= 11 is 0. The van der Waals surface area contributed by atoms with E-state index in [1.165, 1.54) is 12.5 Å². The van der Waals surface area contributed by atoms with Crippen LogP contribution in [0.5, 0.6) is 0 Å². The van der Waals surface area contributed by atoms with Crippen molar-refractivity contribution in [2.45, 2.75) is 156 Å². The van der Waals surface area contributed by atoms with Crippen molar-refractivity contribution in [1.82, 2.24) is 5.32 Å². The molecule has 0 spiro atoms. The second-order valence-corrected chi connectivity index (χ2v) is 18.7. The van der Waals surface area contributed by atoms with E-state index in [2.05, 4.69) is 59.9 Å². The Bertz CT molecular complexity index is 1330. The van der Waals surface area contributed by atoms with Crippen molar-refractivity contribution in [3.8, 4) is 0 Å². The van der Waals surface area contributed by atoms with Crippen molar-refractivity contribution >= 4 is 11.9 Å². The van der Waals surface area contributed by atoms with Gasteiger partial charge < -0.3 is 40.3 Å². The Balaban J connectivity index is 1.31. The molecule has 1 saturated heterocycles. The number of carboxylic acids is 1. The van der Waals surface area contributed by atoms with E-state index in [-0.39, 0.29) is 50.9 Å². The first-order valence-electron chi connectivity index (χ1n) is 18.4. The Morgan fingerprint density at radius 3 is 2.25 bits per heavy atom. The molecule has 0 aromatic carbocycles. The van der Waals surface area contributed by atoms with Crippen LogP contribution in [0.4, 0.5) is 0 Å². The van der Waals surface area contributed by atoms with Gasteiger partial charge in [-0.15, -0.1) is 0 Å². The number of fused-ring (bicyclic) bond motifs is 7. The molecule has 1 aliphatic heterocycles. The predicted octanol–water partition coefficient (Wildman–Crippen LogP) is 4.17. The Hall–Kier alpha value is -1.56. The van der Waals surface area contributed by atoms with Gasteiger partial charge in [-0.25, -0.2) is 0 Å². The van der Waals surface area contributed by atoms with Gasteiger partial charge >= 0.3 is 5.97 Å². The molecule has 6 aliphatic rings. The van der Waals surface area contributed by atoms with Crippen LogP contribution in [0.2, 0.25) is 0 Å². The molecular weight excluding hydrogens is 614 g/mol. The summed E-state index contributed by atoms with van der Waals surface area (Å²) in [6.45, 7) is 17.0. The molecular formula is C38H61NO9. The fourth-order valence-corrected chi connectivity index (χ4v) is 12.7. The fourth-order valence-electron chi connectivity index (χ4n) is 12.7. The largest absolute Gasteiger partial charge is 0.481 e. The Morgan fingerprint density at radius 1 is 0.938 bits per heavy atom. The van der Waals surface area contributed by atoms with Crippen LogP contribution < -0.4 is 5.32 Å². The minimum Gasteiger partial charge on any atom is -0.481 e. The number of ether oxygens (including phenoxy) is 2. The van der Waals surface area contributed by atoms with E-state index in [0.29, 0.717) is 18.8 Å². The van der Waals surface area contributed by atoms with Gasteiger partial charge in [-0.05, 0) is 103 Å². The molecule has 4 saturated carbocycles. The maximum Gasteiger partial charge on any atom is 0.312 e. The smallest absolute Gasteiger partial charge is 0.312 e. The van der Waals surface area contributed by atoms with Gasteiger partial charge in [0.1, 0.15) is 29.8 Å². The summed E-state index contributed by atoms with van der Waals surface area (Å²) in [6.07, 6.45) is 3.42. The minimum atomic E-state index is -1.37. The molecule has 1 heterocycles. The monoisotopic (exact) mass is 675 g/mol. The van der Waals surface area contributed by atoms with Gasteiger partial charge in [0.2, 0.25) is 5.91 Å². The highest BCUT2D eigenvalue weighted by atomic mass is 16.7. The van der Waals surface area contributed by atoms with E-state index in [1.54, 1.807) is 0 Å². The number of aliphatic hydroxyl groups excluding tert-OH is 4. The average Bonchev–Trinajstić information content (AvgIpc) is 2.97. The van der Waals surface area contributed by atoms with E-state index >= 15 is 0 Å². The Kier molecular flexibility index (Phi) is 8.86. The highest BCUT2D eigenvalue weighted by molar-refractivity contribution is 5.77. The first-order valence-corrected chi connectivity index (χ1v) is 18.4. The molecule has 0 aromatic heterocycles. The van der Waals surface area contributed by atoms with Gasteiger partial charge in [-0.2, -0.15) is 0 Å². The number of amides is 1. The lowest BCUT2D eigenvalue weighted by atomic mass is 9.33. The van der Waals surface area contributed by atoms with Crippen LogP contribution in [-0.4, -0.2) is 86.9 Å². The topological polar surface area (TPSA) is 166 Å².